The number of hydrogen-bond donors (Lipinski definition) is 4. The van der Waals surface area contributed by atoms with Crippen molar-refractivity contribution in [3.05, 3.63) is 166 Å². The normalized spacial score (nSPS) is 9.75. The number of pyridine rings is 5. The number of benzene rings is 1. The molecule has 308 valence electrons. The minimum Gasteiger partial charge on any atom is -0.512 e. The zero-order valence-electron chi connectivity index (χ0n) is 33.1. The summed E-state index contributed by atoms with van der Waals surface area (Å²) in [7, 11) is 0. The molecule has 8 heterocycles. The van der Waals surface area contributed by atoms with Gasteiger partial charge in [0.2, 0.25) is 0 Å². The van der Waals surface area contributed by atoms with Crippen LogP contribution in [0.15, 0.2) is 109 Å². The number of nitrogen functional groups attached to an aromatic ring is 1. The molecule has 0 atom stereocenters. The van der Waals surface area contributed by atoms with Crippen molar-refractivity contribution in [2.75, 3.05) is 5.73 Å². The summed E-state index contributed by atoms with van der Waals surface area (Å²) in [6.07, 6.45) is 17.1. The number of rotatable bonds is 5. The van der Waals surface area contributed by atoms with Crippen molar-refractivity contribution in [2.45, 2.75) is 34.4 Å². The molecule has 18 heteroatoms. The average Bonchev–Trinajstić information content (AvgIpc) is 4.05. The van der Waals surface area contributed by atoms with Crippen molar-refractivity contribution >= 4 is 82.9 Å². The Kier molecular flexibility index (Phi) is 18.6. The van der Waals surface area contributed by atoms with E-state index in [1.165, 1.54) is 11.6 Å². The second-order valence-electron chi connectivity index (χ2n) is 13.0. The van der Waals surface area contributed by atoms with Gasteiger partial charge in [0.15, 0.2) is 0 Å². The molecule has 0 aliphatic rings. The third-order valence-electron chi connectivity index (χ3n) is 9.24. The zero-order valence-corrected chi connectivity index (χ0v) is 38.5. The SMILES string of the molecule is Brc1cncc2[nH]ccc12.C.Cc1cc(N)nc(C)c1CNC(=O)c1cn(Cc2ccc3ncc(Cl)cc3c2)c2cncc(C#N)c12.N#Cc1cncc2[nH]ccc12.[C-]#N.[C-]#N.[Zn+2]. The topological polar surface area (TPSA) is 251 Å². The molecular weight excluding hydrogens is 933 g/mol. The van der Waals surface area contributed by atoms with Crippen LogP contribution in [0.4, 0.5) is 5.82 Å². The number of aryl methyl sites for hydroxylation is 2. The van der Waals surface area contributed by atoms with Crippen molar-refractivity contribution in [3.63, 3.8) is 0 Å². The van der Waals surface area contributed by atoms with Gasteiger partial charge in [0, 0.05) is 88.2 Å². The van der Waals surface area contributed by atoms with Gasteiger partial charge in [0.05, 0.1) is 62.4 Å². The van der Waals surface area contributed by atoms with Crippen LogP contribution in [-0.2, 0) is 32.6 Å². The Hall–Kier alpha value is -7.53. The molecule has 0 aliphatic carbocycles. The average molecular weight is 970 g/mol. The number of carbonyl (C=O) groups excluding carboxylic acids is 1. The van der Waals surface area contributed by atoms with Crippen molar-refractivity contribution in [2.24, 2.45) is 0 Å². The van der Waals surface area contributed by atoms with Crippen LogP contribution in [0.25, 0.3) is 43.6 Å². The molecule has 9 rings (SSSR count). The monoisotopic (exact) mass is 966 g/mol. The molecule has 0 saturated heterocycles. The summed E-state index contributed by atoms with van der Waals surface area (Å²) >= 11 is 9.51. The summed E-state index contributed by atoms with van der Waals surface area (Å²) in [5, 5.41) is 38.0. The van der Waals surface area contributed by atoms with Crippen LogP contribution in [0.5, 0.6) is 0 Å². The number of anilines is 1. The van der Waals surface area contributed by atoms with Crippen molar-refractivity contribution < 1.29 is 24.3 Å². The Morgan fingerprint density at radius 3 is 2.17 bits per heavy atom. The first-order valence-corrected chi connectivity index (χ1v) is 19.0. The summed E-state index contributed by atoms with van der Waals surface area (Å²) in [4.78, 5) is 40.2. The van der Waals surface area contributed by atoms with Gasteiger partial charge in [0.25, 0.3) is 5.91 Å². The largest absolute Gasteiger partial charge is 2.00 e. The fraction of sp³-hybridized carbons (Fsp3) is 0.111. The standard InChI is InChI=1S/C27H22ClN7O.C8H5N3.C7H5BrN2.2CN.CH4.Zn/c1-15-5-25(30)34-16(2)21(15)11-33-27(36)22-14-35(24-12-31-9-19(8-29)26(22)24)13-17-3-4-23-18(6-17)7-20(28)10-32-23;9-3-6-4-10-5-8-7(6)1-2-11-8;8-6-3-9-4-7-5(6)1-2-10-7;2*1-2;;/h3-7,9-10,12,14H,11,13H2,1-2H3,(H2,30,34)(H,33,36);1-2,4-5,11H;1-4,10H;;;1H4;/q;;;2*-1;;+2. The second-order valence-corrected chi connectivity index (χ2v) is 14.2. The van der Waals surface area contributed by atoms with E-state index in [0.717, 1.165) is 54.2 Å². The van der Waals surface area contributed by atoms with E-state index in [1.54, 1.807) is 55.6 Å². The van der Waals surface area contributed by atoms with E-state index in [2.05, 4.69) is 68.3 Å². The van der Waals surface area contributed by atoms with Crippen LogP contribution in [0.1, 0.15) is 51.3 Å². The van der Waals surface area contributed by atoms with Gasteiger partial charge in [-0.15, -0.1) is 0 Å². The fourth-order valence-corrected chi connectivity index (χ4v) is 7.14. The number of aromatic nitrogens is 8. The first-order chi connectivity index (χ1) is 29.6. The number of aromatic amines is 2. The van der Waals surface area contributed by atoms with E-state index in [1.807, 2.05) is 61.0 Å². The Labute approximate surface area is 389 Å². The molecule has 0 spiro atoms. The Morgan fingerprint density at radius 1 is 0.873 bits per heavy atom. The van der Waals surface area contributed by atoms with Crippen LogP contribution in [0.2, 0.25) is 5.02 Å². The maximum absolute atomic E-state index is 13.3. The number of carbonyl (C=O) groups is 1. The molecule has 9 aromatic rings. The Bertz CT molecular complexity index is 3110. The number of hydrogen-bond acceptors (Lipinski definition) is 11. The first kappa shape index (κ1) is 49.8. The molecule has 0 radical (unpaired) electrons. The van der Waals surface area contributed by atoms with E-state index >= 15 is 0 Å². The second kappa shape index (κ2) is 23.5. The minimum atomic E-state index is -0.286. The molecule has 1 aromatic carbocycles. The molecule has 0 fully saturated rings. The third kappa shape index (κ3) is 11.6. The number of fused-ring (bicyclic) bond motifs is 4. The van der Waals surface area contributed by atoms with Gasteiger partial charge < -0.3 is 49.3 Å². The van der Waals surface area contributed by atoms with Crippen molar-refractivity contribution in [1.82, 2.24) is 44.8 Å². The van der Waals surface area contributed by atoms with Crippen LogP contribution in [0, 0.1) is 60.2 Å². The number of H-pyrrole nitrogens is 2. The summed E-state index contributed by atoms with van der Waals surface area (Å²) in [6, 6.07) is 17.7. The van der Waals surface area contributed by atoms with Crippen molar-refractivity contribution in [3.8, 4) is 12.1 Å². The summed E-state index contributed by atoms with van der Waals surface area (Å²) in [5.74, 6) is 0.160. The van der Waals surface area contributed by atoms with Gasteiger partial charge in [-0.1, -0.05) is 25.1 Å². The molecule has 8 aromatic heterocycles. The van der Waals surface area contributed by atoms with Gasteiger partial charge in [-0.05, 0) is 82.9 Å². The molecule has 15 nitrogen and oxygen atoms in total. The molecule has 0 saturated carbocycles. The first-order valence-electron chi connectivity index (χ1n) is 17.9. The summed E-state index contributed by atoms with van der Waals surface area (Å²) in [5.41, 5.74) is 14.3. The molecule has 63 heavy (non-hydrogen) atoms. The van der Waals surface area contributed by atoms with Gasteiger partial charge in [-0.2, -0.15) is 10.5 Å². The molecule has 5 N–H and O–H groups in total. The number of nitriles is 2. The maximum atomic E-state index is 13.3. The van der Waals surface area contributed by atoms with E-state index < -0.39 is 0 Å². The van der Waals surface area contributed by atoms with Crippen LogP contribution in [-0.4, -0.2) is 45.4 Å². The van der Waals surface area contributed by atoms with Crippen molar-refractivity contribution in [1.29, 1.82) is 21.0 Å². The number of amides is 1. The predicted octanol–water partition coefficient (Wildman–Crippen LogP) is 9.27. The molecule has 0 bridgehead atoms. The quantitative estimate of drug-likeness (QED) is 0.0934. The van der Waals surface area contributed by atoms with Gasteiger partial charge in [-0.3, -0.25) is 24.7 Å². The summed E-state index contributed by atoms with van der Waals surface area (Å²) in [6.45, 7) is 14.1. The van der Waals surface area contributed by atoms with E-state index in [4.69, 9.17) is 46.3 Å². The number of halogens is 2. The molecule has 0 aliphatic heterocycles. The Morgan fingerprint density at radius 2 is 1.51 bits per heavy atom. The fourth-order valence-electron chi connectivity index (χ4n) is 6.51. The molecular formula is C45H36BrClN14OZn. The van der Waals surface area contributed by atoms with Gasteiger partial charge in [-0.25, -0.2) is 4.98 Å². The zero-order chi connectivity index (χ0) is 44.1. The number of nitrogens with two attached hydrogens (primary N) is 1. The number of nitrogens with one attached hydrogen (secondary N) is 3. The predicted molar refractivity (Wildman–Crippen MR) is 241 cm³/mol. The summed E-state index contributed by atoms with van der Waals surface area (Å²) < 4.78 is 2.96. The van der Waals surface area contributed by atoms with Gasteiger partial charge in [0.1, 0.15) is 18.0 Å². The van der Waals surface area contributed by atoms with Crippen LogP contribution in [0.3, 0.4) is 0 Å². The van der Waals surface area contributed by atoms with Crippen LogP contribution >= 0.6 is 27.5 Å². The van der Waals surface area contributed by atoms with Crippen LogP contribution < -0.4 is 11.1 Å². The van der Waals surface area contributed by atoms with E-state index in [-0.39, 0.29) is 32.8 Å². The minimum absolute atomic E-state index is 0. The van der Waals surface area contributed by atoms with E-state index in [9.17, 15) is 10.1 Å². The number of nitrogens with zero attached hydrogens (tertiary/aromatic N) is 10. The van der Waals surface area contributed by atoms with Gasteiger partial charge >= 0.3 is 19.5 Å². The molecule has 0 unspecified atom stereocenters. The van der Waals surface area contributed by atoms with E-state index in [0.29, 0.717) is 51.5 Å². The molecule has 1 amide bonds. The Balaban J connectivity index is 0.000000317. The smallest absolute Gasteiger partial charge is 0.512 e. The third-order valence-corrected chi connectivity index (χ3v) is 10.1. The maximum Gasteiger partial charge on any atom is 2.00 e.